The van der Waals surface area contributed by atoms with Gasteiger partial charge in [-0.15, -0.1) is 0 Å². The lowest BCUT2D eigenvalue weighted by Crippen LogP contribution is -2.33. The fourth-order valence-electron chi connectivity index (χ4n) is 2.17. The smallest absolute Gasteiger partial charge is 0.422 e. The lowest BCUT2D eigenvalue weighted by atomic mass is 10.3. The number of sulfonamides is 1. The number of halogens is 7. The summed E-state index contributed by atoms with van der Waals surface area (Å²) >= 11 is 0. The molecule has 1 N–H and O–H groups in total. The molecule has 33 heavy (non-hydrogen) atoms. The van der Waals surface area contributed by atoms with Gasteiger partial charge in [-0.2, -0.15) is 22.0 Å². The zero-order chi connectivity index (χ0) is 25.0. The number of anilines is 1. The average molecular weight is 506 g/mol. The number of non-ortho nitro benzene ring substituents is 1. The van der Waals surface area contributed by atoms with Crippen molar-refractivity contribution in [3.8, 4) is 11.5 Å². The van der Waals surface area contributed by atoms with Crippen LogP contribution < -0.4 is 14.2 Å². The summed E-state index contributed by atoms with van der Waals surface area (Å²) in [6.45, 7) is -3.69. The van der Waals surface area contributed by atoms with Gasteiger partial charge in [0.25, 0.3) is 15.7 Å². The number of ether oxygens (including phenoxy) is 2. The van der Waals surface area contributed by atoms with E-state index in [2.05, 4.69) is 9.47 Å². The quantitative estimate of drug-likeness (QED) is 0.286. The Hall–Kier alpha value is -3.30. The van der Waals surface area contributed by atoms with E-state index in [1.165, 1.54) is 0 Å². The standard InChI is InChI=1S/C17H13F7N2O6S/c18-15(19)16(20,21)8-31-12-5-10(6-13(7-12)32-9-17(22,23)24)25-33(29,30)14-3-1-11(2-4-14)26(27)28/h1-7,15,25H,8-9H2. The van der Waals surface area contributed by atoms with Crippen LogP contribution in [0.3, 0.4) is 0 Å². The minimum Gasteiger partial charge on any atom is -0.487 e. The predicted molar refractivity (Wildman–Crippen MR) is 98.3 cm³/mol. The van der Waals surface area contributed by atoms with Crippen molar-refractivity contribution in [3.05, 3.63) is 52.6 Å². The fraction of sp³-hybridized carbons (Fsp3) is 0.294. The van der Waals surface area contributed by atoms with Crippen molar-refractivity contribution in [1.82, 2.24) is 0 Å². The molecule has 0 spiro atoms. The molecule has 2 aromatic rings. The van der Waals surface area contributed by atoms with Crippen molar-refractivity contribution in [1.29, 1.82) is 0 Å². The minimum absolute atomic E-state index is 0.424. The average Bonchev–Trinajstić information content (AvgIpc) is 2.70. The van der Waals surface area contributed by atoms with E-state index in [0.29, 0.717) is 6.07 Å². The summed E-state index contributed by atoms with van der Waals surface area (Å²) < 4.78 is 124. The molecule has 2 aromatic carbocycles. The maximum atomic E-state index is 13.1. The molecule has 0 heterocycles. The van der Waals surface area contributed by atoms with Crippen LogP contribution in [0.4, 0.5) is 42.1 Å². The Morgan fingerprint density at radius 1 is 0.939 bits per heavy atom. The number of alkyl halides is 7. The second-order valence-corrected chi connectivity index (χ2v) is 7.99. The molecule has 0 aliphatic heterocycles. The normalized spacial score (nSPS) is 12.5. The molecule has 0 amide bonds. The van der Waals surface area contributed by atoms with Gasteiger partial charge in [-0.1, -0.05) is 0 Å². The first kappa shape index (κ1) is 26.0. The molecule has 0 aliphatic rings. The molecular formula is C17H13F7N2O6S. The molecule has 0 saturated carbocycles. The van der Waals surface area contributed by atoms with Crippen LogP contribution in [0.5, 0.6) is 11.5 Å². The van der Waals surface area contributed by atoms with E-state index in [4.69, 9.17) is 0 Å². The number of nitro benzene ring substituents is 1. The largest absolute Gasteiger partial charge is 0.487 e. The first-order chi connectivity index (χ1) is 15.1. The zero-order valence-electron chi connectivity index (χ0n) is 16.0. The van der Waals surface area contributed by atoms with Crippen molar-refractivity contribution < 1.29 is 53.5 Å². The van der Waals surface area contributed by atoms with Gasteiger partial charge in [0.2, 0.25) is 0 Å². The fourth-order valence-corrected chi connectivity index (χ4v) is 3.21. The molecule has 0 radical (unpaired) electrons. The van der Waals surface area contributed by atoms with Gasteiger partial charge in [0.15, 0.2) is 13.2 Å². The Kier molecular flexibility index (Phi) is 7.61. The van der Waals surface area contributed by atoms with Crippen LogP contribution in [0.25, 0.3) is 0 Å². The molecule has 0 aliphatic carbocycles. The molecule has 182 valence electrons. The van der Waals surface area contributed by atoms with Gasteiger partial charge in [0.1, 0.15) is 11.5 Å². The Bertz CT molecular complexity index is 1090. The van der Waals surface area contributed by atoms with Gasteiger partial charge in [0, 0.05) is 30.3 Å². The van der Waals surface area contributed by atoms with Gasteiger partial charge < -0.3 is 9.47 Å². The number of nitro groups is 1. The third-order valence-electron chi connectivity index (χ3n) is 3.64. The molecule has 0 aromatic heterocycles. The van der Waals surface area contributed by atoms with Crippen LogP contribution in [0.2, 0.25) is 0 Å². The lowest BCUT2D eigenvalue weighted by Gasteiger charge is -2.18. The number of nitrogens with one attached hydrogen (secondary N) is 1. The lowest BCUT2D eigenvalue weighted by molar-refractivity contribution is -0.384. The van der Waals surface area contributed by atoms with Crippen LogP contribution in [0.15, 0.2) is 47.4 Å². The van der Waals surface area contributed by atoms with E-state index in [-0.39, 0.29) is 0 Å². The number of hydrogen-bond acceptors (Lipinski definition) is 6. The second kappa shape index (κ2) is 9.68. The van der Waals surface area contributed by atoms with E-state index in [9.17, 15) is 49.3 Å². The molecule has 16 heteroatoms. The molecule has 2 rings (SSSR count). The molecular weight excluding hydrogens is 493 g/mol. The zero-order valence-corrected chi connectivity index (χ0v) is 16.8. The SMILES string of the molecule is O=[N+]([O-])c1ccc(S(=O)(=O)Nc2cc(OCC(F)(F)F)cc(OCC(F)(F)C(F)F)c2)cc1. The second-order valence-electron chi connectivity index (χ2n) is 6.30. The summed E-state index contributed by atoms with van der Waals surface area (Å²) in [6, 6.07) is 5.64. The van der Waals surface area contributed by atoms with Gasteiger partial charge >= 0.3 is 18.5 Å². The molecule has 8 nitrogen and oxygen atoms in total. The topological polar surface area (TPSA) is 108 Å². The third-order valence-corrected chi connectivity index (χ3v) is 5.04. The molecule has 0 saturated heterocycles. The highest BCUT2D eigenvalue weighted by Crippen LogP contribution is 2.31. The summed E-state index contributed by atoms with van der Waals surface area (Å²) in [5, 5.41) is 10.7. The Morgan fingerprint density at radius 2 is 1.45 bits per heavy atom. The molecule has 0 fully saturated rings. The van der Waals surface area contributed by atoms with E-state index < -0.39 is 74.5 Å². The van der Waals surface area contributed by atoms with Gasteiger partial charge in [-0.25, -0.2) is 17.2 Å². The summed E-state index contributed by atoms with van der Waals surface area (Å²) in [6.07, 6.45) is -8.90. The van der Waals surface area contributed by atoms with Gasteiger partial charge in [-0.3, -0.25) is 14.8 Å². The van der Waals surface area contributed by atoms with Gasteiger partial charge in [0.05, 0.1) is 15.5 Å². The summed E-state index contributed by atoms with van der Waals surface area (Å²) in [5.74, 6) is -5.97. The van der Waals surface area contributed by atoms with Gasteiger partial charge in [-0.05, 0) is 12.1 Å². The van der Waals surface area contributed by atoms with Crippen LogP contribution >= 0.6 is 0 Å². The highest BCUT2D eigenvalue weighted by Gasteiger charge is 2.41. The summed E-state index contributed by atoms with van der Waals surface area (Å²) in [5.41, 5.74) is -0.949. The van der Waals surface area contributed by atoms with E-state index in [1.807, 2.05) is 4.72 Å². The molecule has 0 bridgehead atoms. The third kappa shape index (κ3) is 7.65. The van der Waals surface area contributed by atoms with Crippen LogP contribution in [0.1, 0.15) is 0 Å². The van der Waals surface area contributed by atoms with Crippen molar-refractivity contribution in [3.63, 3.8) is 0 Å². The van der Waals surface area contributed by atoms with E-state index >= 15 is 0 Å². The predicted octanol–water partition coefficient (Wildman–Crippen LogP) is 4.62. The highest BCUT2D eigenvalue weighted by atomic mass is 32.2. The van der Waals surface area contributed by atoms with Crippen LogP contribution in [-0.4, -0.2) is 45.1 Å². The highest BCUT2D eigenvalue weighted by molar-refractivity contribution is 7.92. The van der Waals surface area contributed by atoms with Crippen molar-refractivity contribution in [2.45, 2.75) is 23.4 Å². The van der Waals surface area contributed by atoms with Crippen LogP contribution in [0, 0.1) is 10.1 Å². The van der Waals surface area contributed by atoms with Crippen molar-refractivity contribution >= 4 is 21.4 Å². The Balaban J connectivity index is 2.33. The van der Waals surface area contributed by atoms with Crippen LogP contribution in [-0.2, 0) is 10.0 Å². The maximum Gasteiger partial charge on any atom is 0.422 e. The van der Waals surface area contributed by atoms with Crippen molar-refractivity contribution in [2.75, 3.05) is 17.9 Å². The summed E-state index contributed by atoms with van der Waals surface area (Å²) in [4.78, 5) is 9.39. The monoisotopic (exact) mass is 506 g/mol. The van der Waals surface area contributed by atoms with Crippen molar-refractivity contribution in [2.24, 2.45) is 0 Å². The first-order valence-corrected chi connectivity index (χ1v) is 9.98. The number of hydrogen-bond donors (Lipinski definition) is 1. The van der Waals surface area contributed by atoms with E-state index in [0.717, 1.165) is 36.4 Å². The Labute approximate surface area is 181 Å². The number of benzene rings is 2. The number of nitrogens with zero attached hydrogens (tertiary/aromatic N) is 1. The Morgan fingerprint density at radius 3 is 1.91 bits per heavy atom. The number of rotatable bonds is 10. The minimum atomic E-state index is -4.81. The van der Waals surface area contributed by atoms with E-state index in [1.54, 1.807) is 0 Å². The maximum absolute atomic E-state index is 13.1. The summed E-state index contributed by atoms with van der Waals surface area (Å²) in [7, 11) is -4.46. The molecule has 0 unspecified atom stereocenters. The first-order valence-electron chi connectivity index (χ1n) is 8.50. The molecule has 0 atom stereocenters.